The standard InChI is InChI=1S/C44H27B8N/c1-44(2,3)28-17-18-53-43(28)23-14-11-22(12-15-23)25-9-6-10-26(19-25)29-31-33(37(47)41(51)39(49)35(31)45)30(27-16-13-21-7-4-5-8-24(21)20-27)34-32(29)36(46)40(50)42(52)38(34)48/h4-20,53H,1-3H3. The summed E-state index contributed by atoms with van der Waals surface area (Å²) in [4.78, 5) is 3.43. The SMILES string of the molecule is [B]c1c([B])c([B])c2c(-c3ccc4ccccc4c3)c3c([B])c([B])c([B])c([B])c3c(-c3cccc(-c4ccc(-c5[nH]ccc5C(C)(C)C)cc4)c3)c2c1[B]. The predicted octanol–water partition coefficient (Wildman–Crippen LogP) is 2.79. The van der Waals surface area contributed by atoms with Crippen molar-refractivity contribution in [3.8, 4) is 44.6 Å². The van der Waals surface area contributed by atoms with Crippen molar-refractivity contribution in [1.29, 1.82) is 0 Å². The van der Waals surface area contributed by atoms with Gasteiger partial charge in [-0.15, -0.1) is 21.9 Å². The van der Waals surface area contributed by atoms with E-state index in [1.54, 1.807) is 0 Å². The Morgan fingerprint density at radius 3 is 1.38 bits per heavy atom. The van der Waals surface area contributed by atoms with Crippen molar-refractivity contribution in [3.63, 3.8) is 0 Å². The van der Waals surface area contributed by atoms with Crippen molar-refractivity contribution in [3.05, 3.63) is 109 Å². The normalized spacial score (nSPS) is 11.9. The number of fused-ring (bicyclic) bond motifs is 3. The van der Waals surface area contributed by atoms with E-state index >= 15 is 0 Å². The van der Waals surface area contributed by atoms with Gasteiger partial charge in [-0.05, 0) is 100 Å². The lowest BCUT2D eigenvalue weighted by molar-refractivity contribution is 0.593. The number of benzene rings is 7. The molecule has 53 heavy (non-hydrogen) atoms. The molecule has 1 aromatic heterocycles. The Kier molecular flexibility index (Phi) is 8.56. The number of hydrogen-bond donors (Lipinski definition) is 1. The van der Waals surface area contributed by atoms with Gasteiger partial charge in [0.25, 0.3) is 0 Å². The molecule has 0 fully saturated rings. The Balaban J connectivity index is 1.45. The third-order valence-electron chi connectivity index (χ3n) is 10.6. The van der Waals surface area contributed by atoms with Crippen LogP contribution in [0.4, 0.5) is 0 Å². The van der Waals surface area contributed by atoms with Crippen molar-refractivity contribution in [2.24, 2.45) is 0 Å². The highest BCUT2D eigenvalue weighted by atomic mass is 14.7. The third kappa shape index (κ3) is 5.58. The fourth-order valence-electron chi connectivity index (χ4n) is 7.79. The van der Waals surface area contributed by atoms with E-state index in [1.807, 2.05) is 48.7 Å². The van der Waals surface area contributed by atoms with E-state index < -0.39 is 0 Å². The van der Waals surface area contributed by atoms with Gasteiger partial charge < -0.3 is 4.98 Å². The van der Waals surface area contributed by atoms with Gasteiger partial charge in [0.15, 0.2) is 0 Å². The van der Waals surface area contributed by atoms with Gasteiger partial charge in [-0.1, -0.05) is 121 Å². The van der Waals surface area contributed by atoms with Crippen LogP contribution < -0.4 is 43.7 Å². The van der Waals surface area contributed by atoms with E-state index in [0.717, 1.165) is 44.3 Å². The molecule has 8 rings (SSSR count). The maximum absolute atomic E-state index is 6.97. The van der Waals surface area contributed by atoms with Gasteiger partial charge in [-0.25, -0.2) is 0 Å². The lowest BCUT2D eigenvalue weighted by Crippen LogP contribution is -2.50. The predicted molar refractivity (Wildman–Crippen MR) is 237 cm³/mol. The lowest BCUT2D eigenvalue weighted by Gasteiger charge is -2.28. The molecule has 0 spiro atoms. The van der Waals surface area contributed by atoms with Crippen molar-refractivity contribution in [2.75, 3.05) is 0 Å². The van der Waals surface area contributed by atoms with Crippen molar-refractivity contribution in [1.82, 2.24) is 4.98 Å². The van der Waals surface area contributed by atoms with Crippen LogP contribution in [0, 0.1) is 0 Å². The van der Waals surface area contributed by atoms with Crippen LogP contribution in [-0.4, -0.2) is 67.8 Å². The van der Waals surface area contributed by atoms with Crippen LogP contribution in [0.5, 0.6) is 0 Å². The monoisotopic (exact) mass is 657 g/mol. The first-order valence-corrected chi connectivity index (χ1v) is 17.4. The molecule has 0 amide bonds. The van der Waals surface area contributed by atoms with Gasteiger partial charge in [0.1, 0.15) is 62.8 Å². The summed E-state index contributed by atoms with van der Waals surface area (Å²) >= 11 is 0. The van der Waals surface area contributed by atoms with E-state index in [0.29, 0.717) is 32.7 Å². The highest BCUT2D eigenvalue weighted by Gasteiger charge is 2.25. The summed E-state index contributed by atoms with van der Waals surface area (Å²) in [5.74, 6) is 0. The molecule has 9 heteroatoms. The summed E-state index contributed by atoms with van der Waals surface area (Å²) in [5.41, 5.74) is 10.3. The highest BCUT2D eigenvalue weighted by molar-refractivity contribution is 6.71. The van der Waals surface area contributed by atoms with E-state index in [2.05, 4.69) is 80.4 Å². The smallest absolute Gasteiger partial charge is 0.113 e. The van der Waals surface area contributed by atoms with Crippen LogP contribution in [0.25, 0.3) is 77.0 Å². The Morgan fingerprint density at radius 2 is 0.849 bits per heavy atom. The minimum atomic E-state index is -0.00364. The second kappa shape index (κ2) is 12.9. The maximum Gasteiger partial charge on any atom is 0.113 e. The molecule has 0 unspecified atom stereocenters. The number of rotatable bonds is 4. The van der Waals surface area contributed by atoms with E-state index in [4.69, 9.17) is 62.8 Å². The van der Waals surface area contributed by atoms with Crippen LogP contribution in [0.1, 0.15) is 26.3 Å². The van der Waals surface area contributed by atoms with Crippen LogP contribution in [0.15, 0.2) is 103 Å². The Labute approximate surface area is 322 Å². The van der Waals surface area contributed by atoms with Gasteiger partial charge >= 0.3 is 0 Å². The molecule has 1 N–H and O–H groups in total. The zero-order valence-corrected chi connectivity index (χ0v) is 29.9. The number of aromatic amines is 1. The van der Waals surface area contributed by atoms with Gasteiger partial charge in [0.05, 0.1) is 0 Å². The summed E-state index contributed by atoms with van der Waals surface area (Å²) in [6.45, 7) is 6.64. The van der Waals surface area contributed by atoms with Gasteiger partial charge in [-0.2, -0.15) is 0 Å². The Hall–Kier alpha value is -4.88. The molecule has 0 atom stereocenters. The molecular weight excluding hydrogens is 629 g/mol. The summed E-state index contributed by atoms with van der Waals surface area (Å²) in [6, 6.07) is 33.0. The van der Waals surface area contributed by atoms with E-state index in [1.165, 1.54) is 5.56 Å². The zero-order valence-electron chi connectivity index (χ0n) is 29.9. The molecule has 0 saturated carbocycles. The first kappa shape index (κ1) is 35.2. The zero-order chi connectivity index (χ0) is 37.5. The van der Waals surface area contributed by atoms with Gasteiger partial charge in [0.2, 0.25) is 0 Å². The first-order valence-electron chi connectivity index (χ1n) is 17.4. The van der Waals surface area contributed by atoms with Crippen molar-refractivity contribution >= 4 is 139 Å². The third-order valence-corrected chi connectivity index (χ3v) is 10.6. The largest absolute Gasteiger partial charge is 0.361 e. The molecule has 7 aromatic carbocycles. The highest BCUT2D eigenvalue weighted by Crippen LogP contribution is 2.42. The summed E-state index contributed by atoms with van der Waals surface area (Å²) in [5, 5.41) is 4.46. The second-order valence-electron chi connectivity index (χ2n) is 14.8. The van der Waals surface area contributed by atoms with Gasteiger partial charge in [-0.3, -0.25) is 0 Å². The van der Waals surface area contributed by atoms with E-state index in [9.17, 15) is 0 Å². The van der Waals surface area contributed by atoms with Crippen LogP contribution in [0.3, 0.4) is 0 Å². The fourth-order valence-corrected chi connectivity index (χ4v) is 7.79. The van der Waals surface area contributed by atoms with Crippen LogP contribution in [0.2, 0.25) is 0 Å². The molecule has 0 aliphatic rings. The average molecular weight is 656 g/mol. The number of nitrogens with one attached hydrogen (secondary N) is 1. The van der Waals surface area contributed by atoms with Gasteiger partial charge in [0, 0.05) is 11.9 Å². The minimum Gasteiger partial charge on any atom is -0.361 e. The molecule has 232 valence electrons. The molecule has 0 aliphatic heterocycles. The average Bonchev–Trinajstić information content (AvgIpc) is 3.68. The molecule has 1 nitrogen and oxygen atoms in total. The molecule has 0 aliphatic carbocycles. The summed E-state index contributed by atoms with van der Waals surface area (Å²) in [6.07, 6.45) is 1.99. The number of hydrogen-bond acceptors (Lipinski definition) is 0. The minimum absolute atomic E-state index is 0.00364. The van der Waals surface area contributed by atoms with Crippen molar-refractivity contribution < 1.29 is 0 Å². The maximum atomic E-state index is 6.97. The Morgan fingerprint density at radius 1 is 0.396 bits per heavy atom. The van der Waals surface area contributed by atoms with Crippen LogP contribution in [-0.2, 0) is 5.41 Å². The second-order valence-corrected chi connectivity index (χ2v) is 14.8. The summed E-state index contributed by atoms with van der Waals surface area (Å²) in [7, 11) is 54.2. The number of H-pyrrole nitrogens is 1. The fraction of sp³-hybridized carbons (Fsp3) is 0.0909. The van der Waals surface area contributed by atoms with Crippen LogP contribution >= 0.6 is 0 Å². The molecule has 0 saturated heterocycles. The molecule has 1 heterocycles. The lowest BCUT2D eigenvalue weighted by atomic mass is 9.59. The van der Waals surface area contributed by atoms with E-state index in [-0.39, 0.29) is 49.1 Å². The topological polar surface area (TPSA) is 15.8 Å². The Bertz CT molecular complexity index is 2710. The molecule has 0 bridgehead atoms. The summed E-state index contributed by atoms with van der Waals surface area (Å²) < 4.78 is 0. The van der Waals surface area contributed by atoms with Crippen molar-refractivity contribution in [2.45, 2.75) is 26.2 Å². The number of aromatic nitrogens is 1. The quantitative estimate of drug-likeness (QED) is 0.222. The molecule has 16 radical (unpaired) electrons. The molecular formula is C44H27B8N. The molecule has 8 aromatic rings. The first-order chi connectivity index (χ1) is 25.3.